The summed E-state index contributed by atoms with van der Waals surface area (Å²) >= 11 is 0. The molecule has 18 heavy (non-hydrogen) atoms. The molecule has 0 radical (unpaired) electrons. The summed E-state index contributed by atoms with van der Waals surface area (Å²) in [6.45, 7) is 9.35. The lowest BCUT2D eigenvalue weighted by molar-refractivity contribution is -0.128. The molecule has 0 aromatic carbocycles. The predicted octanol–water partition coefficient (Wildman–Crippen LogP) is 0.962. The van der Waals surface area contributed by atoms with E-state index in [4.69, 9.17) is 0 Å². The Bertz CT molecular complexity index is 257. The summed E-state index contributed by atoms with van der Waals surface area (Å²) in [7, 11) is 0. The molecule has 0 spiro atoms. The fourth-order valence-electron chi connectivity index (χ4n) is 2.90. The van der Waals surface area contributed by atoms with Crippen LogP contribution < -0.4 is 5.32 Å². The first-order chi connectivity index (χ1) is 8.25. The van der Waals surface area contributed by atoms with Crippen LogP contribution in [0.1, 0.15) is 26.2 Å². The van der Waals surface area contributed by atoms with Crippen molar-refractivity contribution in [1.29, 1.82) is 0 Å². The fourth-order valence-corrected chi connectivity index (χ4v) is 2.90. The van der Waals surface area contributed by atoms with Gasteiger partial charge in [0.05, 0.1) is 0 Å². The maximum atomic E-state index is 11.3. The third kappa shape index (κ3) is 4.75. The van der Waals surface area contributed by atoms with Gasteiger partial charge in [-0.1, -0.05) is 0 Å². The van der Waals surface area contributed by atoms with Crippen LogP contribution in [0.4, 0.5) is 0 Å². The maximum absolute atomic E-state index is 11.3. The molecule has 0 aromatic heterocycles. The molecule has 0 aromatic rings. The zero-order valence-corrected chi connectivity index (χ0v) is 12.2. The fraction of sp³-hybridized carbons (Fsp3) is 0.923. The summed E-state index contributed by atoms with van der Waals surface area (Å²) in [6.07, 6.45) is 3.75. The van der Waals surface area contributed by atoms with Crippen molar-refractivity contribution >= 4 is 18.3 Å². The van der Waals surface area contributed by atoms with Gasteiger partial charge < -0.3 is 15.1 Å². The van der Waals surface area contributed by atoms with Gasteiger partial charge in [-0.25, -0.2) is 0 Å². The van der Waals surface area contributed by atoms with Crippen molar-refractivity contribution < 1.29 is 4.79 Å². The third-order valence-corrected chi connectivity index (χ3v) is 4.01. The van der Waals surface area contributed by atoms with E-state index in [-0.39, 0.29) is 18.3 Å². The van der Waals surface area contributed by atoms with Gasteiger partial charge in [0.1, 0.15) is 0 Å². The lowest BCUT2D eigenvalue weighted by Gasteiger charge is -2.29. The highest BCUT2D eigenvalue weighted by atomic mass is 35.5. The molecule has 0 atom stereocenters. The Kier molecular flexibility index (Phi) is 6.97. The second-order valence-electron chi connectivity index (χ2n) is 5.35. The van der Waals surface area contributed by atoms with E-state index in [1.54, 1.807) is 6.92 Å². The van der Waals surface area contributed by atoms with E-state index >= 15 is 0 Å². The predicted molar refractivity (Wildman–Crippen MR) is 76.2 cm³/mol. The van der Waals surface area contributed by atoms with Crippen molar-refractivity contribution in [1.82, 2.24) is 15.1 Å². The molecule has 2 fully saturated rings. The van der Waals surface area contributed by atoms with Crippen molar-refractivity contribution in [2.45, 2.75) is 26.2 Å². The first-order valence-corrected chi connectivity index (χ1v) is 6.94. The second kappa shape index (κ2) is 7.97. The van der Waals surface area contributed by atoms with Gasteiger partial charge in [0.25, 0.3) is 0 Å². The van der Waals surface area contributed by atoms with Gasteiger partial charge in [-0.3, -0.25) is 4.79 Å². The Morgan fingerprint density at radius 2 is 1.89 bits per heavy atom. The van der Waals surface area contributed by atoms with Crippen LogP contribution in [0.5, 0.6) is 0 Å². The zero-order valence-electron chi connectivity index (χ0n) is 11.4. The van der Waals surface area contributed by atoms with Gasteiger partial charge >= 0.3 is 0 Å². The van der Waals surface area contributed by atoms with Crippen molar-refractivity contribution in [3.05, 3.63) is 0 Å². The van der Waals surface area contributed by atoms with E-state index in [0.29, 0.717) is 0 Å². The Balaban J connectivity index is 0.00000162. The zero-order chi connectivity index (χ0) is 12.1. The Morgan fingerprint density at radius 3 is 2.56 bits per heavy atom. The first-order valence-electron chi connectivity index (χ1n) is 6.94. The minimum Gasteiger partial charge on any atom is -0.342 e. The summed E-state index contributed by atoms with van der Waals surface area (Å²) in [6, 6.07) is 0. The molecule has 0 saturated carbocycles. The Hall–Kier alpha value is -0.320. The minimum atomic E-state index is 0. The number of nitrogens with zero attached hydrogens (tertiary/aromatic N) is 2. The van der Waals surface area contributed by atoms with E-state index in [1.807, 2.05) is 4.90 Å². The van der Waals surface area contributed by atoms with Crippen LogP contribution in [-0.2, 0) is 4.79 Å². The summed E-state index contributed by atoms with van der Waals surface area (Å²) in [5, 5.41) is 3.41. The molecule has 0 unspecified atom stereocenters. The van der Waals surface area contributed by atoms with E-state index < -0.39 is 0 Å². The van der Waals surface area contributed by atoms with Crippen molar-refractivity contribution in [2.75, 3.05) is 45.8 Å². The van der Waals surface area contributed by atoms with Crippen LogP contribution in [0, 0.1) is 5.92 Å². The Labute approximate surface area is 116 Å². The monoisotopic (exact) mass is 275 g/mol. The van der Waals surface area contributed by atoms with Gasteiger partial charge in [0.2, 0.25) is 5.91 Å². The van der Waals surface area contributed by atoms with E-state index in [9.17, 15) is 4.79 Å². The van der Waals surface area contributed by atoms with Crippen molar-refractivity contribution in [3.63, 3.8) is 0 Å². The molecular weight excluding hydrogens is 250 g/mol. The number of hydrogen-bond donors (Lipinski definition) is 1. The minimum absolute atomic E-state index is 0. The van der Waals surface area contributed by atoms with Gasteiger partial charge in [0.15, 0.2) is 0 Å². The summed E-state index contributed by atoms with van der Waals surface area (Å²) < 4.78 is 0. The molecular formula is C13H26ClN3O. The van der Waals surface area contributed by atoms with E-state index in [1.165, 1.54) is 32.5 Å². The number of amides is 1. The van der Waals surface area contributed by atoms with Crippen LogP contribution in [0.25, 0.3) is 0 Å². The van der Waals surface area contributed by atoms with Crippen LogP contribution in [-0.4, -0.2) is 61.5 Å². The van der Waals surface area contributed by atoms with Gasteiger partial charge in [-0.15, -0.1) is 12.4 Å². The smallest absolute Gasteiger partial charge is 0.219 e. The number of carbonyl (C=O) groups excluding carboxylic acids is 1. The number of nitrogens with one attached hydrogen (secondary N) is 1. The highest BCUT2D eigenvalue weighted by molar-refractivity contribution is 5.85. The average Bonchev–Trinajstić information content (AvgIpc) is 2.56. The highest BCUT2D eigenvalue weighted by Crippen LogP contribution is 2.14. The van der Waals surface area contributed by atoms with Gasteiger partial charge in [0, 0.05) is 33.1 Å². The SMILES string of the molecule is CC(=O)N1CCCN(CC2CCNCC2)CC1.Cl. The van der Waals surface area contributed by atoms with E-state index in [0.717, 1.165) is 38.5 Å². The van der Waals surface area contributed by atoms with Crippen LogP contribution >= 0.6 is 12.4 Å². The molecule has 2 heterocycles. The molecule has 2 aliphatic rings. The van der Waals surface area contributed by atoms with E-state index in [2.05, 4.69) is 10.2 Å². The number of hydrogen-bond acceptors (Lipinski definition) is 3. The van der Waals surface area contributed by atoms with Gasteiger partial charge in [-0.2, -0.15) is 0 Å². The lowest BCUT2D eigenvalue weighted by Crippen LogP contribution is -2.38. The summed E-state index contributed by atoms with van der Waals surface area (Å²) in [4.78, 5) is 15.9. The maximum Gasteiger partial charge on any atom is 0.219 e. The number of rotatable bonds is 2. The number of piperidine rings is 1. The largest absolute Gasteiger partial charge is 0.342 e. The molecule has 2 rings (SSSR count). The number of halogens is 1. The molecule has 1 N–H and O–H groups in total. The topological polar surface area (TPSA) is 35.6 Å². The van der Waals surface area contributed by atoms with Crippen molar-refractivity contribution in [2.24, 2.45) is 5.92 Å². The summed E-state index contributed by atoms with van der Waals surface area (Å²) in [5.74, 6) is 1.09. The molecule has 1 amide bonds. The molecule has 2 aliphatic heterocycles. The molecule has 4 nitrogen and oxygen atoms in total. The highest BCUT2D eigenvalue weighted by Gasteiger charge is 2.20. The molecule has 5 heteroatoms. The normalized spacial score (nSPS) is 23.3. The lowest BCUT2D eigenvalue weighted by atomic mass is 9.97. The Morgan fingerprint density at radius 1 is 1.17 bits per heavy atom. The molecule has 106 valence electrons. The first kappa shape index (κ1) is 15.7. The quantitative estimate of drug-likeness (QED) is 0.816. The molecule has 0 bridgehead atoms. The van der Waals surface area contributed by atoms with Crippen LogP contribution in [0.3, 0.4) is 0 Å². The summed E-state index contributed by atoms with van der Waals surface area (Å²) in [5.41, 5.74) is 0. The van der Waals surface area contributed by atoms with Crippen LogP contribution in [0.15, 0.2) is 0 Å². The van der Waals surface area contributed by atoms with Gasteiger partial charge in [-0.05, 0) is 44.8 Å². The number of carbonyl (C=O) groups is 1. The molecule has 0 aliphatic carbocycles. The molecule has 2 saturated heterocycles. The third-order valence-electron chi connectivity index (χ3n) is 4.01. The average molecular weight is 276 g/mol. The second-order valence-corrected chi connectivity index (χ2v) is 5.35. The standard InChI is InChI=1S/C13H25N3O.ClH/c1-12(17)16-8-2-7-15(9-10-16)11-13-3-5-14-6-4-13;/h13-14H,2-11H2,1H3;1H. The van der Waals surface area contributed by atoms with Crippen LogP contribution in [0.2, 0.25) is 0 Å². The van der Waals surface area contributed by atoms with Crippen molar-refractivity contribution in [3.8, 4) is 0 Å².